The number of carbonyl (C=O) groups is 2. The van der Waals surface area contributed by atoms with Crippen LogP contribution >= 0.6 is 0 Å². The fourth-order valence-corrected chi connectivity index (χ4v) is 2.11. The standard InChI is InChI=1S/C11H14O4/c1-7(12)14-9-3-2-8-6-11(13)15-10(8)5-4-9/h4-5,8-10H,2-3,6H2,1H3/t8-,9+,10-/m0/s1. The Bertz CT molecular complexity index is 308. The minimum Gasteiger partial charge on any atom is -0.458 e. The first-order valence-corrected chi connectivity index (χ1v) is 5.20. The van der Waals surface area contributed by atoms with E-state index in [0.717, 1.165) is 12.8 Å². The molecule has 1 fully saturated rings. The van der Waals surface area contributed by atoms with Gasteiger partial charge in [0.1, 0.15) is 12.2 Å². The maximum Gasteiger partial charge on any atom is 0.306 e. The highest BCUT2D eigenvalue weighted by Gasteiger charge is 2.35. The average Bonchev–Trinajstić information content (AvgIpc) is 2.41. The van der Waals surface area contributed by atoms with E-state index in [-0.39, 0.29) is 30.1 Å². The Balaban J connectivity index is 1.99. The third-order valence-electron chi connectivity index (χ3n) is 2.82. The fourth-order valence-electron chi connectivity index (χ4n) is 2.11. The Hall–Kier alpha value is -1.32. The van der Waals surface area contributed by atoms with E-state index in [0.29, 0.717) is 6.42 Å². The van der Waals surface area contributed by atoms with E-state index in [1.165, 1.54) is 6.92 Å². The summed E-state index contributed by atoms with van der Waals surface area (Å²) in [7, 11) is 0. The summed E-state index contributed by atoms with van der Waals surface area (Å²) in [5.74, 6) is -0.136. The van der Waals surface area contributed by atoms with E-state index in [9.17, 15) is 9.59 Å². The van der Waals surface area contributed by atoms with E-state index in [1.54, 1.807) is 0 Å². The summed E-state index contributed by atoms with van der Waals surface area (Å²) >= 11 is 0. The molecule has 0 aromatic heterocycles. The molecule has 0 amide bonds. The molecule has 0 unspecified atom stereocenters. The fraction of sp³-hybridized carbons (Fsp3) is 0.636. The van der Waals surface area contributed by atoms with Gasteiger partial charge in [-0.1, -0.05) is 0 Å². The Kier molecular flexibility index (Phi) is 2.75. The quantitative estimate of drug-likeness (QED) is 0.482. The highest BCUT2D eigenvalue weighted by atomic mass is 16.6. The topological polar surface area (TPSA) is 52.6 Å². The van der Waals surface area contributed by atoms with Crippen molar-refractivity contribution < 1.29 is 19.1 Å². The van der Waals surface area contributed by atoms with Crippen LogP contribution in [-0.2, 0) is 19.1 Å². The summed E-state index contributed by atoms with van der Waals surface area (Å²) in [6.07, 6.45) is 5.52. The molecule has 82 valence electrons. The zero-order valence-corrected chi connectivity index (χ0v) is 8.64. The van der Waals surface area contributed by atoms with Crippen LogP contribution < -0.4 is 0 Å². The second-order valence-electron chi connectivity index (χ2n) is 4.03. The third-order valence-corrected chi connectivity index (χ3v) is 2.82. The van der Waals surface area contributed by atoms with Gasteiger partial charge >= 0.3 is 11.9 Å². The Labute approximate surface area is 88.2 Å². The first-order valence-electron chi connectivity index (χ1n) is 5.20. The second-order valence-corrected chi connectivity index (χ2v) is 4.03. The van der Waals surface area contributed by atoms with Crippen molar-refractivity contribution in [2.75, 3.05) is 0 Å². The maximum absolute atomic E-state index is 11.0. The molecule has 0 aromatic carbocycles. The molecule has 1 heterocycles. The van der Waals surface area contributed by atoms with Gasteiger partial charge in [0.25, 0.3) is 0 Å². The predicted molar refractivity (Wildman–Crippen MR) is 51.9 cm³/mol. The molecule has 1 aliphatic heterocycles. The molecule has 4 heteroatoms. The first-order chi connectivity index (χ1) is 7.15. The number of rotatable bonds is 1. The summed E-state index contributed by atoms with van der Waals surface area (Å²) in [6, 6.07) is 0. The van der Waals surface area contributed by atoms with Gasteiger partial charge in [0, 0.05) is 12.8 Å². The van der Waals surface area contributed by atoms with Gasteiger partial charge in [0.2, 0.25) is 0 Å². The number of fused-ring (bicyclic) bond motifs is 1. The Morgan fingerprint density at radius 1 is 1.47 bits per heavy atom. The monoisotopic (exact) mass is 210 g/mol. The van der Waals surface area contributed by atoms with Crippen LogP contribution in [0, 0.1) is 5.92 Å². The summed E-state index contributed by atoms with van der Waals surface area (Å²) < 4.78 is 10.2. The van der Waals surface area contributed by atoms with Crippen molar-refractivity contribution in [3.63, 3.8) is 0 Å². The van der Waals surface area contributed by atoms with Crippen molar-refractivity contribution in [2.24, 2.45) is 5.92 Å². The molecule has 0 spiro atoms. The van der Waals surface area contributed by atoms with Crippen LogP contribution in [0.1, 0.15) is 26.2 Å². The lowest BCUT2D eigenvalue weighted by Crippen LogP contribution is -2.14. The average molecular weight is 210 g/mol. The van der Waals surface area contributed by atoms with Crippen LogP contribution in [0.3, 0.4) is 0 Å². The minimum atomic E-state index is -0.270. The van der Waals surface area contributed by atoms with Crippen LogP contribution in [0.2, 0.25) is 0 Å². The van der Waals surface area contributed by atoms with Gasteiger partial charge in [-0.15, -0.1) is 0 Å². The molecular formula is C11H14O4. The number of ether oxygens (including phenoxy) is 2. The van der Waals surface area contributed by atoms with Crippen molar-refractivity contribution >= 4 is 11.9 Å². The molecule has 0 N–H and O–H groups in total. The molecule has 4 nitrogen and oxygen atoms in total. The van der Waals surface area contributed by atoms with Crippen LogP contribution in [0.4, 0.5) is 0 Å². The van der Waals surface area contributed by atoms with Gasteiger partial charge in [-0.25, -0.2) is 0 Å². The van der Waals surface area contributed by atoms with E-state index in [2.05, 4.69) is 0 Å². The molecule has 15 heavy (non-hydrogen) atoms. The van der Waals surface area contributed by atoms with Gasteiger partial charge in [-0.3, -0.25) is 9.59 Å². The normalized spacial score (nSPS) is 34.2. The molecule has 0 aromatic rings. The highest BCUT2D eigenvalue weighted by molar-refractivity contribution is 5.72. The summed E-state index contributed by atoms with van der Waals surface area (Å²) in [5, 5.41) is 0. The molecule has 0 bridgehead atoms. The molecule has 2 rings (SSSR count). The van der Waals surface area contributed by atoms with Crippen LogP contribution in [-0.4, -0.2) is 24.1 Å². The number of carbonyl (C=O) groups excluding carboxylic acids is 2. The van der Waals surface area contributed by atoms with Gasteiger partial charge in [0.15, 0.2) is 0 Å². The van der Waals surface area contributed by atoms with Crippen molar-refractivity contribution in [1.29, 1.82) is 0 Å². The zero-order valence-electron chi connectivity index (χ0n) is 8.64. The summed E-state index contributed by atoms with van der Waals surface area (Å²) in [6.45, 7) is 1.40. The smallest absolute Gasteiger partial charge is 0.306 e. The Morgan fingerprint density at radius 2 is 2.27 bits per heavy atom. The van der Waals surface area contributed by atoms with Gasteiger partial charge in [-0.05, 0) is 25.0 Å². The van der Waals surface area contributed by atoms with Crippen molar-refractivity contribution in [3.8, 4) is 0 Å². The van der Waals surface area contributed by atoms with E-state index >= 15 is 0 Å². The zero-order chi connectivity index (χ0) is 10.8. The van der Waals surface area contributed by atoms with Crippen LogP contribution in [0.25, 0.3) is 0 Å². The maximum atomic E-state index is 11.0. The lowest BCUT2D eigenvalue weighted by molar-refractivity contribution is -0.144. The van der Waals surface area contributed by atoms with Crippen LogP contribution in [0.15, 0.2) is 12.2 Å². The molecule has 3 atom stereocenters. The molecule has 2 aliphatic rings. The highest BCUT2D eigenvalue weighted by Crippen LogP contribution is 2.31. The number of hydrogen-bond acceptors (Lipinski definition) is 4. The van der Waals surface area contributed by atoms with E-state index in [1.807, 2.05) is 12.2 Å². The lowest BCUT2D eigenvalue weighted by atomic mass is 9.97. The molecule has 1 aliphatic carbocycles. The molecular weight excluding hydrogens is 196 g/mol. The number of esters is 2. The van der Waals surface area contributed by atoms with E-state index in [4.69, 9.17) is 9.47 Å². The first kappa shape index (κ1) is 10.2. The van der Waals surface area contributed by atoms with E-state index < -0.39 is 0 Å². The predicted octanol–water partition coefficient (Wildman–Crippen LogP) is 1.20. The largest absolute Gasteiger partial charge is 0.458 e. The van der Waals surface area contributed by atoms with Gasteiger partial charge in [0.05, 0.1) is 6.42 Å². The van der Waals surface area contributed by atoms with Crippen molar-refractivity contribution in [3.05, 3.63) is 12.2 Å². The molecule has 0 saturated carbocycles. The second kappa shape index (κ2) is 4.04. The Morgan fingerprint density at radius 3 is 3.00 bits per heavy atom. The minimum absolute atomic E-state index is 0.113. The van der Waals surface area contributed by atoms with Crippen molar-refractivity contribution in [2.45, 2.75) is 38.4 Å². The number of hydrogen-bond donors (Lipinski definition) is 0. The summed E-state index contributed by atoms with van der Waals surface area (Å²) in [5.41, 5.74) is 0. The molecule has 0 radical (unpaired) electrons. The van der Waals surface area contributed by atoms with Gasteiger partial charge < -0.3 is 9.47 Å². The van der Waals surface area contributed by atoms with Crippen molar-refractivity contribution in [1.82, 2.24) is 0 Å². The lowest BCUT2D eigenvalue weighted by Gasteiger charge is -2.12. The van der Waals surface area contributed by atoms with Crippen LogP contribution in [0.5, 0.6) is 0 Å². The SMILES string of the molecule is CC(=O)O[C@H]1C=C[C@@H]2OC(=O)C[C@@H]2CC1. The molecule has 1 saturated heterocycles. The summed E-state index contributed by atoms with van der Waals surface area (Å²) in [4.78, 5) is 21.8. The third kappa shape index (κ3) is 2.37. The van der Waals surface area contributed by atoms with Gasteiger partial charge in [-0.2, -0.15) is 0 Å².